The molecule has 20 heavy (non-hydrogen) atoms. The molecule has 6 nitrogen and oxygen atoms in total. The van der Waals surface area contributed by atoms with E-state index in [2.05, 4.69) is 5.32 Å². The molecular weight excluding hydrogens is 280 g/mol. The summed E-state index contributed by atoms with van der Waals surface area (Å²) < 4.78 is 22.6. The molecular formula is C13H24N2O4S. The monoisotopic (exact) mass is 304 g/mol. The third kappa shape index (κ3) is 5.11. The Labute approximate surface area is 120 Å². The summed E-state index contributed by atoms with van der Waals surface area (Å²) in [6.45, 7) is 5.10. The average Bonchev–Trinajstić information content (AvgIpc) is 2.72. The number of unbranched alkanes of at least 4 members (excludes halogenated alkanes) is 1. The predicted octanol–water partition coefficient (Wildman–Crippen LogP) is 0.328. The molecule has 1 unspecified atom stereocenters. The van der Waals surface area contributed by atoms with Crippen LogP contribution in [0.15, 0.2) is 0 Å². The maximum absolute atomic E-state index is 12.1. The first-order valence-electron chi connectivity index (χ1n) is 7.19. The molecule has 1 aliphatic heterocycles. The van der Waals surface area contributed by atoms with Crippen molar-refractivity contribution in [1.29, 1.82) is 0 Å². The zero-order chi connectivity index (χ0) is 15.2. The van der Waals surface area contributed by atoms with Crippen molar-refractivity contribution in [3.8, 4) is 0 Å². The zero-order valence-corrected chi connectivity index (χ0v) is 13.0. The summed E-state index contributed by atoms with van der Waals surface area (Å²) in [4.78, 5) is 25.5. The highest BCUT2D eigenvalue weighted by Crippen LogP contribution is 2.11. The van der Waals surface area contributed by atoms with Gasteiger partial charge in [0.05, 0.1) is 11.5 Å². The second-order valence-electron chi connectivity index (χ2n) is 5.22. The number of rotatable bonds is 6. The molecule has 116 valence electrons. The maximum Gasteiger partial charge on any atom is 0.311 e. The van der Waals surface area contributed by atoms with Crippen LogP contribution in [0.4, 0.5) is 0 Å². The lowest BCUT2D eigenvalue weighted by molar-refractivity contribution is -0.146. The number of carbonyl (C=O) groups is 2. The van der Waals surface area contributed by atoms with Gasteiger partial charge in [-0.15, -0.1) is 0 Å². The van der Waals surface area contributed by atoms with Crippen molar-refractivity contribution in [2.24, 2.45) is 0 Å². The Morgan fingerprint density at radius 1 is 1.20 bits per heavy atom. The Hall–Kier alpha value is -1.11. The van der Waals surface area contributed by atoms with Crippen molar-refractivity contribution in [3.05, 3.63) is 0 Å². The van der Waals surface area contributed by atoms with Crippen LogP contribution in [-0.2, 0) is 19.4 Å². The second-order valence-corrected chi connectivity index (χ2v) is 7.45. The first-order valence-corrected chi connectivity index (χ1v) is 9.02. The molecule has 0 saturated carbocycles. The van der Waals surface area contributed by atoms with Gasteiger partial charge < -0.3 is 10.2 Å². The minimum absolute atomic E-state index is 0.0608. The van der Waals surface area contributed by atoms with E-state index in [9.17, 15) is 18.0 Å². The molecule has 1 saturated heterocycles. The van der Waals surface area contributed by atoms with Crippen LogP contribution in [0.5, 0.6) is 0 Å². The molecule has 0 aromatic carbocycles. The largest absolute Gasteiger partial charge is 0.344 e. The fourth-order valence-electron chi connectivity index (χ4n) is 2.23. The van der Waals surface area contributed by atoms with Gasteiger partial charge in [-0.25, -0.2) is 8.42 Å². The van der Waals surface area contributed by atoms with Crippen molar-refractivity contribution in [3.63, 3.8) is 0 Å². The molecule has 0 bridgehead atoms. The van der Waals surface area contributed by atoms with E-state index < -0.39 is 27.7 Å². The molecule has 0 aromatic rings. The van der Waals surface area contributed by atoms with Gasteiger partial charge in [-0.05, 0) is 19.3 Å². The minimum atomic E-state index is -3.05. The highest BCUT2D eigenvalue weighted by Gasteiger charge is 2.31. The predicted molar refractivity (Wildman–Crippen MR) is 77.0 cm³/mol. The van der Waals surface area contributed by atoms with Crippen molar-refractivity contribution >= 4 is 21.7 Å². The summed E-state index contributed by atoms with van der Waals surface area (Å²) in [7, 11) is -3.05. The van der Waals surface area contributed by atoms with E-state index in [1.165, 1.54) is 0 Å². The van der Waals surface area contributed by atoms with Crippen molar-refractivity contribution in [2.75, 3.05) is 24.6 Å². The van der Waals surface area contributed by atoms with Crippen LogP contribution >= 0.6 is 0 Å². The lowest BCUT2D eigenvalue weighted by atomic mass is 10.2. The van der Waals surface area contributed by atoms with Gasteiger partial charge in [0.15, 0.2) is 9.84 Å². The van der Waals surface area contributed by atoms with E-state index >= 15 is 0 Å². The Balaban J connectivity index is 2.53. The Kier molecular flexibility index (Phi) is 6.45. The van der Waals surface area contributed by atoms with E-state index in [1.807, 2.05) is 13.8 Å². The van der Waals surface area contributed by atoms with E-state index in [1.54, 1.807) is 4.90 Å². The standard InChI is InChI=1S/C13H24N2O4S/c1-3-5-8-15(7-4-2)13(17)12(16)14-11-6-9-20(18,19)10-11/h11H,3-10H2,1-2H3,(H,14,16). The molecule has 0 radical (unpaired) electrons. The number of nitrogens with one attached hydrogen (secondary N) is 1. The number of carbonyl (C=O) groups excluding carboxylic acids is 2. The number of amides is 2. The molecule has 1 heterocycles. The van der Waals surface area contributed by atoms with Crippen molar-refractivity contribution < 1.29 is 18.0 Å². The third-order valence-corrected chi connectivity index (χ3v) is 5.09. The van der Waals surface area contributed by atoms with Gasteiger partial charge in [0.2, 0.25) is 0 Å². The SMILES string of the molecule is CCCCN(CCC)C(=O)C(=O)NC1CCS(=O)(=O)C1. The van der Waals surface area contributed by atoms with Crippen LogP contribution in [-0.4, -0.2) is 55.8 Å². The molecule has 1 atom stereocenters. The van der Waals surface area contributed by atoms with Gasteiger partial charge >= 0.3 is 11.8 Å². The first-order chi connectivity index (χ1) is 9.39. The number of hydrogen-bond donors (Lipinski definition) is 1. The molecule has 0 spiro atoms. The van der Waals surface area contributed by atoms with Crippen LogP contribution in [0, 0.1) is 0 Å². The summed E-state index contributed by atoms with van der Waals surface area (Å²) in [5.74, 6) is -1.21. The van der Waals surface area contributed by atoms with Gasteiger partial charge in [-0.2, -0.15) is 0 Å². The normalized spacial score (nSPS) is 20.6. The summed E-state index contributed by atoms with van der Waals surface area (Å²) >= 11 is 0. The first kappa shape index (κ1) is 16.9. The van der Waals surface area contributed by atoms with Crippen LogP contribution in [0.1, 0.15) is 39.5 Å². The Morgan fingerprint density at radius 3 is 2.40 bits per heavy atom. The van der Waals surface area contributed by atoms with Crippen LogP contribution in [0.3, 0.4) is 0 Å². The molecule has 0 aromatic heterocycles. The van der Waals surface area contributed by atoms with Crippen molar-refractivity contribution in [1.82, 2.24) is 10.2 Å². The molecule has 1 aliphatic rings. The lowest BCUT2D eigenvalue weighted by Crippen LogP contribution is -2.47. The summed E-state index contributed by atoms with van der Waals surface area (Å²) in [5.41, 5.74) is 0. The second kappa shape index (κ2) is 7.61. The topological polar surface area (TPSA) is 83.6 Å². The summed E-state index contributed by atoms with van der Waals surface area (Å²) in [6, 6.07) is -0.425. The fraction of sp³-hybridized carbons (Fsp3) is 0.846. The van der Waals surface area contributed by atoms with Gasteiger partial charge in [0.1, 0.15) is 0 Å². The summed E-state index contributed by atoms with van der Waals surface area (Å²) in [5, 5.41) is 2.54. The van der Waals surface area contributed by atoms with Gasteiger partial charge in [-0.3, -0.25) is 9.59 Å². The number of nitrogens with zero attached hydrogens (tertiary/aromatic N) is 1. The third-order valence-electron chi connectivity index (χ3n) is 3.32. The van der Waals surface area contributed by atoms with E-state index in [0.29, 0.717) is 19.5 Å². The number of sulfone groups is 1. The molecule has 7 heteroatoms. The van der Waals surface area contributed by atoms with Gasteiger partial charge in [0.25, 0.3) is 0 Å². The van der Waals surface area contributed by atoms with Gasteiger partial charge in [0, 0.05) is 19.1 Å². The molecule has 1 N–H and O–H groups in total. The summed E-state index contributed by atoms with van der Waals surface area (Å²) in [6.07, 6.45) is 3.00. The van der Waals surface area contributed by atoms with E-state index in [-0.39, 0.29) is 11.5 Å². The Bertz CT molecular complexity index is 447. The van der Waals surface area contributed by atoms with Crippen LogP contribution < -0.4 is 5.32 Å². The smallest absolute Gasteiger partial charge is 0.311 e. The molecule has 1 rings (SSSR count). The quantitative estimate of drug-likeness (QED) is 0.717. The minimum Gasteiger partial charge on any atom is -0.344 e. The van der Waals surface area contributed by atoms with E-state index in [0.717, 1.165) is 19.3 Å². The highest BCUT2D eigenvalue weighted by atomic mass is 32.2. The molecule has 0 aliphatic carbocycles. The average molecular weight is 304 g/mol. The zero-order valence-electron chi connectivity index (χ0n) is 12.2. The lowest BCUT2D eigenvalue weighted by Gasteiger charge is -2.22. The number of hydrogen-bond acceptors (Lipinski definition) is 4. The van der Waals surface area contributed by atoms with Crippen LogP contribution in [0.2, 0.25) is 0 Å². The Morgan fingerprint density at radius 2 is 1.90 bits per heavy atom. The molecule has 2 amide bonds. The maximum atomic E-state index is 12.1. The van der Waals surface area contributed by atoms with Gasteiger partial charge in [-0.1, -0.05) is 20.3 Å². The molecule has 1 fully saturated rings. The fourth-order valence-corrected chi connectivity index (χ4v) is 3.91. The van der Waals surface area contributed by atoms with Crippen LogP contribution in [0.25, 0.3) is 0 Å². The van der Waals surface area contributed by atoms with Crippen molar-refractivity contribution in [2.45, 2.75) is 45.6 Å². The highest BCUT2D eigenvalue weighted by molar-refractivity contribution is 7.91. The van der Waals surface area contributed by atoms with E-state index in [4.69, 9.17) is 0 Å².